The van der Waals surface area contributed by atoms with E-state index in [-0.39, 0.29) is 24.2 Å². The van der Waals surface area contributed by atoms with Crippen LogP contribution in [0.4, 0.5) is 18.9 Å². The lowest BCUT2D eigenvalue weighted by Crippen LogP contribution is -2.47. The fraction of sp³-hybridized carbons (Fsp3) is 0.333. The van der Waals surface area contributed by atoms with Crippen LogP contribution >= 0.6 is 0 Å². The first kappa shape index (κ1) is 28.8. The maximum atomic E-state index is 14.0. The van der Waals surface area contributed by atoms with E-state index in [0.29, 0.717) is 6.54 Å². The molecule has 1 amide bonds. The van der Waals surface area contributed by atoms with E-state index in [4.69, 9.17) is 4.74 Å². The number of hydrogen-bond donors (Lipinski definition) is 1. The molecule has 5 nitrogen and oxygen atoms in total. The van der Waals surface area contributed by atoms with Gasteiger partial charge >= 0.3 is 12.1 Å². The standard InChI is InChI=1S/C30H33F3N2O3/c1-5-26(28(37)38-29(2,3)4)35(20-22-14-10-7-11-15-22)27(36)24-18-23(30(31,32)33)16-17-25(24)34-19-21-12-8-6-9-13-21/h6-18,26,34H,5,19-20H2,1-4H3/t26-/m0/s1. The van der Waals surface area contributed by atoms with Gasteiger partial charge in [-0.2, -0.15) is 13.2 Å². The number of ether oxygens (including phenoxy) is 1. The van der Waals surface area contributed by atoms with Gasteiger partial charge in [-0.1, -0.05) is 67.6 Å². The van der Waals surface area contributed by atoms with Crippen LogP contribution in [0.3, 0.4) is 0 Å². The largest absolute Gasteiger partial charge is 0.458 e. The molecule has 0 saturated heterocycles. The van der Waals surface area contributed by atoms with Crippen molar-refractivity contribution in [2.45, 2.75) is 65.0 Å². The number of carbonyl (C=O) groups excluding carboxylic acids is 2. The molecular weight excluding hydrogens is 493 g/mol. The summed E-state index contributed by atoms with van der Waals surface area (Å²) in [5.41, 5.74) is -0.0561. The van der Waals surface area contributed by atoms with Crippen molar-refractivity contribution in [2.24, 2.45) is 0 Å². The average Bonchev–Trinajstić information content (AvgIpc) is 2.86. The van der Waals surface area contributed by atoms with E-state index < -0.39 is 35.3 Å². The highest BCUT2D eigenvalue weighted by atomic mass is 19.4. The number of nitrogens with one attached hydrogen (secondary N) is 1. The lowest BCUT2D eigenvalue weighted by molar-refractivity contribution is -0.160. The van der Waals surface area contributed by atoms with Gasteiger partial charge in [0.05, 0.1) is 11.1 Å². The molecule has 3 aromatic carbocycles. The first-order valence-corrected chi connectivity index (χ1v) is 12.5. The zero-order chi connectivity index (χ0) is 27.9. The second kappa shape index (κ2) is 12.2. The van der Waals surface area contributed by atoms with Gasteiger partial charge in [0.15, 0.2) is 0 Å². The molecule has 0 radical (unpaired) electrons. The Morgan fingerprint density at radius 3 is 2.00 bits per heavy atom. The van der Waals surface area contributed by atoms with Crippen LogP contribution in [0.25, 0.3) is 0 Å². The zero-order valence-electron chi connectivity index (χ0n) is 22.0. The van der Waals surface area contributed by atoms with E-state index in [2.05, 4.69) is 5.32 Å². The fourth-order valence-corrected chi connectivity index (χ4v) is 3.99. The topological polar surface area (TPSA) is 58.6 Å². The Labute approximate surface area is 221 Å². The van der Waals surface area contributed by atoms with Gasteiger partial charge < -0.3 is 15.0 Å². The lowest BCUT2D eigenvalue weighted by Gasteiger charge is -2.33. The normalized spacial score (nSPS) is 12.5. The van der Waals surface area contributed by atoms with Crippen LogP contribution in [0.1, 0.15) is 61.2 Å². The SMILES string of the molecule is CC[C@@H](C(=O)OC(C)(C)C)N(Cc1ccccc1)C(=O)c1cc(C(F)(F)F)ccc1NCc1ccccc1. The van der Waals surface area contributed by atoms with Crippen molar-refractivity contribution in [1.82, 2.24) is 4.90 Å². The second-order valence-corrected chi connectivity index (χ2v) is 9.97. The lowest BCUT2D eigenvalue weighted by atomic mass is 10.0. The monoisotopic (exact) mass is 526 g/mol. The molecule has 0 saturated carbocycles. The number of carbonyl (C=O) groups is 2. The molecule has 0 unspecified atom stereocenters. The fourth-order valence-electron chi connectivity index (χ4n) is 3.99. The summed E-state index contributed by atoms with van der Waals surface area (Å²) in [5, 5.41) is 3.10. The van der Waals surface area contributed by atoms with Gasteiger partial charge in [-0.05, 0) is 56.5 Å². The number of benzene rings is 3. The van der Waals surface area contributed by atoms with Gasteiger partial charge in [-0.15, -0.1) is 0 Å². The molecule has 8 heteroatoms. The molecule has 1 atom stereocenters. The number of nitrogens with zero attached hydrogens (tertiary/aromatic N) is 1. The molecule has 202 valence electrons. The summed E-state index contributed by atoms with van der Waals surface area (Å²) in [6.07, 6.45) is -4.42. The number of hydrogen-bond acceptors (Lipinski definition) is 4. The summed E-state index contributed by atoms with van der Waals surface area (Å²) in [6.45, 7) is 7.22. The molecule has 0 aliphatic carbocycles. The first-order valence-electron chi connectivity index (χ1n) is 12.5. The minimum Gasteiger partial charge on any atom is -0.458 e. The van der Waals surface area contributed by atoms with E-state index in [0.717, 1.165) is 23.3 Å². The Bertz CT molecular complexity index is 1220. The van der Waals surface area contributed by atoms with Crippen molar-refractivity contribution in [1.29, 1.82) is 0 Å². The minimum atomic E-state index is -4.65. The highest BCUT2D eigenvalue weighted by Gasteiger charge is 2.36. The molecule has 0 aliphatic heterocycles. The third kappa shape index (κ3) is 7.84. The van der Waals surface area contributed by atoms with Gasteiger partial charge in [0.25, 0.3) is 5.91 Å². The van der Waals surface area contributed by atoms with Crippen LogP contribution in [0.2, 0.25) is 0 Å². The minimum absolute atomic E-state index is 0.0196. The predicted molar refractivity (Wildman–Crippen MR) is 141 cm³/mol. The average molecular weight is 527 g/mol. The molecule has 0 spiro atoms. The maximum absolute atomic E-state index is 14.0. The highest BCUT2D eigenvalue weighted by Crippen LogP contribution is 2.33. The van der Waals surface area contributed by atoms with Gasteiger partial charge in [0.2, 0.25) is 0 Å². The van der Waals surface area contributed by atoms with Crippen LogP contribution in [-0.2, 0) is 28.8 Å². The van der Waals surface area contributed by atoms with Crippen molar-refractivity contribution in [2.75, 3.05) is 5.32 Å². The summed E-state index contributed by atoms with van der Waals surface area (Å²) in [6, 6.07) is 20.3. The molecule has 3 aromatic rings. The van der Waals surface area contributed by atoms with E-state index in [9.17, 15) is 22.8 Å². The van der Waals surface area contributed by atoms with E-state index in [1.165, 1.54) is 11.0 Å². The summed E-state index contributed by atoms with van der Waals surface area (Å²) in [4.78, 5) is 28.5. The summed E-state index contributed by atoms with van der Waals surface area (Å²) < 4.78 is 46.6. The molecule has 0 fully saturated rings. The Kier molecular flexibility index (Phi) is 9.20. The van der Waals surface area contributed by atoms with Crippen molar-refractivity contribution in [3.63, 3.8) is 0 Å². The highest BCUT2D eigenvalue weighted by molar-refractivity contribution is 6.01. The van der Waals surface area contributed by atoms with Crippen LogP contribution < -0.4 is 5.32 Å². The third-order valence-electron chi connectivity index (χ3n) is 5.80. The molecule has 0 bridgehead atoms. The van der Waals surface area contributed by atoms with Crippen molar-refractivity contribution >= 4 is 17.6 Å². The molecule has 0 aromatic heterocycles. The number of esters is 1. The third-order valence-corrected chi connectivity index (χ3v) is 5.80. The molecule has 1 N–H and O–H groups in total. The van der Waals surface area contributed by atoms with Gasteiger partial charge in [-0.3, -0.25) is 4.79 Å². The second-order valence-electron chi connectivity index (χ2n) is 9.97. The van der Waals surface area contributed by atoms with Crippen LogP contribution in [0.5, 0.6) is 0 Å². The van der Waals surface area contributed by atoms with Crippen molar-refractivity contribution in [3.05, 3.63) is 101 Å². The van der Waals surface area contributed by atoms with Crippen molar-refractivity contribution < 1.29 is 27.5 Å². The first-order chi connectivity index (χ1) is 17.9. The van der Waals surface area contributed by atoms with E-state index in [1.54, 1.807) is 52.0 Å². The van der Waals surface area contributed by atoms with Crippen LogP contribution in [0.15, 0.2) is 78.9 Å². The number of rotatable bonds is 9. The number of anilines is 1. The smallest absolute Gasteiger partial charge is 0.416 e. The van der Waals surface area contributed by atoms with Gasteiger partial charge in [0, 0.05) is 18.8 Å². The Morgan fingerprint density at radius 2 is 1.47 bits per heavy atom. The molecule has 38 heavy (non-hydrogen) atoms. The Morgan fingerprint density at radius 1 is 0.895 bits per heavy atom. The van der Waals surface area contributed by atoms with E-state index in [1.807, 2.05) is 36.4 Å². The Balaban J connectivity index is 2.06. The van der Waals surface area contributed by atoms with Crippen molar-refractivity contribution in [3.8, 4) is 0 Å². The number of amides is 1. The summed E-state index contributed by atoms with van der Waals surface area (Å²) >= 11 is 0. The molecule has 0 heterocycles. The maximum Gasteiger partial charge on any atom is 0.416 e. The number of halogens is 3. The van der Waals surface area contributed by atoms with E-state index >= 15 is 0 Å². The summed E-state index contributed by atoms with van der Waals surface area (Å²) in [7, 11) is 0. The molecule has 3 rings (SSSR count). The summed E-state index contributed by atoms with van der Waals surface area (Å²) in [5.74, 6) is -1.32. The molecule has 0 aliphatic rings. The van der Waals surface area contributed by atoms with Gasteiger partial charge in [-0.25, -0.2) is 4.79 Å². The zero-order valence-corrected chi connectivity index (χ0v) is 22.0. The van der Waals surface area contributed by atoms with Gasteiger partial charge in [0.1, 0.15) is 11.6 Å². The molecular formula is C30H33F3N2O3. The van der Waals surface area contributed by atoms with Crippen LogP contribution in [0, 0.1) is 0 Å². The van der Waals surface area contributed by atoms with Crippen LogP contribution in [-0.4, -0.2) is 28.4 Å². The Hall–Kier alpha value is -3.81. The number of alkyl halides is 3. The quantitative estimate of drug-likeness (QED) is 0.303. The predicted octanol–water partition coefficient (Wildman–Crippen LogP) is 7.08.